The van der Waals surface area contributed by atoms with Gasteiger partial charge in [-0.1, -0.05) is 60.1 Å². The Morgan fingerprint density at radius 3 is 2.37 bits per heavy atom. The third-order valence-electron chi connectivity index (χ3n) is 13.6. The van der Waals surface area contributed by atoms with E-state index in [0.717, 1.165) is 32.1 Å². The third-order valence-corrected chi connectivity index (χ3v) is 13.6. The summed E-state index contributed by atoms with van der Waals surface area (Å²) in [5.74, 6) is 3.34. The zero-order valence-electron chi connectivity index (χ0n) is 23.8. The molecule has 0 heterocycles. The van der Waals surface area contributed by atoms with E-state index in [2.05, 4.69) is 54.5 Å². The highest BCUT2D eigenvalue weighted by molar-refractivity contribution is 5.85. The fourth-order valence-electron chi connectivity index (χ4n) is 11.1. The number of allylic oxidation sites excluding steroid dienone is 2. The molecule has 0 radical (unpaired) electrons. The lowest BCUT2D eigenvalue weighted by Crippen LogP contribution is -2.64. The Morgan fingerprint density at radius 1 is 0.971 bits per heavy atom. The largest absolute Gasteiger partial charge is 0.469 e. The summed E-state index contributed by atoms with van der Waals surface area (Å²) in [4.78, 5) is 25.6. The molecular formula is C32H50O3. The monoisotopic (exact) mass is 482 g/mol. The van der Waals surface area contributed by atoms with Gasteiger partial charge in [-0.25, -0.2) is 0 Å². The number of ether oxygens (including phenoxy) is 1. The number of ketones is 1. The second-order valence-corrected chi connectivity index (χ2v) is 14.9. The highest BCUT2D eigenvalue weighted by atomic mass is 16.5. The smallest absolute Gasteiger partial charge is 0.306 e. The Labute approximate surface area is 214 Å². The third kappa shape index (κ3) is 3.21. The first-order chi connectivity index (χ1) is 16.3. The standard InChI is InChI=1S/C32H50O3/c1-20-11-16-32(19-26(34)35-8)18-17-30(6)22(27(32)21(20)2)9-10-24-29(5)14-13-25(33)28(3,4)23(29)12-15-31(24,30)7/h9,20-21,23-24,27H,10-19H2,1-8H3/t20-,21+,23+,24-,27+,29+,30-,31-,32-/m1/s1. The van der Waals surface area contributed by atoms with Gasteiger partial charge in [0.1, 0.15) is 5.78 Å². The van der Waals surface area contributed by atoms with Crippen LogP contribution >= 0.6 is 0 Å². The molecule has 5 rings (SSSR count). The van der Waals surface area contributed by atoms with Gasteiger partial charge in [-0.15, -0.1) is 0 Å². The summed E-state index contributed by atoms with van der Waals surface area (Å²) in [7, 11) is 1.55. The lowest BCUT2D eigenvalue weighted by molar-refractivity contribution is -0.187. The van der Waals surface area contributed by atoms with Crippen LogP contribution in [-0.4, -0.2) is 18.9 Å². The van der Waals surface area contributed by atoms with Crippen LogP contribution in [0, 0.1) is 56.7 Å². The number of carbonyl (C=O) groups excluding carboxylic acids is 2. The molecule has 0 aliphatic heterocycles. The fourth-order valence-corrected chi connectivity index (χ4v) is 11.1. The van der Waals surface area contributed by atoms with Crippen LogP contribution in [0.25, 0.3) is 0 Å². The van der Waals surface area contributed by atoms with Gasteiger partial charge in [0.05, 0.1) is 13.5 Å². The van der Waals surface area contributed by atoms with Crippen LogP contribution in [0.2, 0.25) is 0 Å². The van der Waals surface area contributed by atoms with Crippen molar-refractivity contribution < 1.29 is 14.3 Å². The Balaban J connectivity index is 1.59. The van der Waals surface area contributed by atoms with Gasteiger partial charge in [0.15, 0.2) is 0 Å². The number of Topliss-reactive ketones (excluding diaryl/α,β-unsaturated/α-hetero) is 1. The van der Waals surface area contributed by atoms with Crippen LogP contribution in [0.5, 0.6) is 0 Å². The van der Waals surface area contributed by atoms with Gasteiger partial charge in [0.25, 0.3) is 0 Å². The maximum Gasteiger partial charge on any atom is 0.306 e. The summed E-state index contributed by atoms with van der Waals surface area (Å²) < 4.78 is 5.24. The Bertz CT molecular complexity index is 946. The van der Waals surface area contributed by atoms with E-state index in [4.69, 9.17) is 4.74 Å². The van der Waals surface area contributed by atoms with E-state index in [1.165, 1.54) is 25.7 Å². The molecule has 4 saturated carbocycles. The van der Waals surface area contributed by atoms with Crippen LogP contribution in [0.15, 0.2) is 11.6 Å². The molecule has 0 saturated heterocycles. The Kier molecular flexibility index (Phi) is 5.79. The zero-order valence-corrected chi connectivity index (χ0v) is 23.8. The van der Waals surface area contributed by atoms with Gasteiger partial charge < -0.3 is 4.74 Å². The predicted molar refractivity (Wildman–Crippen MR) is 141 cm³/mol. The van der Waals surface area contributed by atoms with Crippen LogP contribution in [-0.2, 0) is 14.3 Å². The van der Waals surface area contributed by atoms with Crippen molar-refractivity contribution in [2.75, 3.05) is 7.11 Å². The van der Waals surface area contributed by atoms with Crippen molar-refractivity contribution in [2.24, 2.45) is 56.7 Å². The number of methoxy groups -OCH3 is 1. The second kappa shape index (κ2) is 7.94. The van der Waals surface area contributed by atoms with Gasteiger partial charge in [-0.3, -0.25) is 9.59 Å². The first-order valence-corrected chi connectivity index (χ1v) is 14.6. The summed E-state index contributed by atoms with van der Waals surface area (Å²) >= 11 is 0. The molecule has 0 spiro atoms. The lowest BCUT2D eigenvalue weighted by Gasteiger charge is -2.71. The van der Waals surface area contributed by atoms with E-state index >= 15 is 0 Å². The summed E-state index contributed by atoms with van der Waals surface area (Å²) in [6, 6.07) is 0. The molecule has 0 aromatic rings. The van der Waals surface area contributed by atoms with Crippen LogP contribution in [0.4, 0.5) is 0 Å². The first-order valence-electron chi connectivity index (χ1n) is 14.6. The highest BCUT2D eigenvalue weighted by Crippen LogP contribution is 2.75. The van der Waals surface area contributed by atoms with Crippen molar-refractivity contribution in [1.29, 1.82) is 0 Å². The average molecular weight is 483 g/mol. The topological polar surface area (TPSA) is 43.4 Å². The lowest BCUT2D eigenvalue weighted by atomic mass is 9.33. The van der Waals surface area contributed by atoms with Crippen molar-refractivity contribution >= 4 is 11.8 Å². The van der Waals surface area contributed by atoms with Gasteiger partial charge in [-0.2, -0.15) is 0 Å². The number of hydrogen-bond donors (Lipinski definition) is 0. The molecule has 196 valence electrons. The van der Waals surface area contributed by atoms with Gasteiger partial charge >= 0.3 is 5.97 Å². The second-order valence-electron chi connectivity index (χ2n) is 14.9. The van der Waals surface area contributed by atoms with Crippen molar-refractivity contribution in [2.45, 2.75) is 113 Å². The van der Waals surface area contributed by atoms with Crippen LogP contribution < -0.4 is 0 Å². The number of rotatable bonds is 2. The molecular weight excluding hydrogens is 432 g/mol. The molecule has 3 nitrogen and oxygen atoms in total. The number of carbonyl (C=O) groups is 2. The minimum absolute atomic E-state index is 0.0250. The van der Waals surface area contributed by atoms with Gasteiger partial charge in [-0.05, 0) is 103 Å². The first kappa shape index (κ1) is 25.5. The maximum atomic E-state index is 13.0. The molecule has 0 aromatic heterocycles. The molecule has 5 aliphatic rings. The summed E-state index contributed by atoms with van der Waals surface area (Å²) in [6.07, 6.45) is 13.3. The van der Waals surface area contributed by atoms with E-state index < -0.39 is 0 Å². The summed E-state index contributed by atoms with van der Waals surface area (Å²) in [5.41, 5.74) is 2.20. The highest BCUT2D eigenvalue weighted by Gasteiger charge is 2.68. The van der Waals surface area contributed by atoms with E-state index in [1.54, 1.807) is 12.7 Å². The van der Waals surface area contributed by atoms with E-state index in [1.807, 2.05) is 0 Å². The average Bonchev–Trinajstić information content (AvgIpc) is 2.80. The molecule has 0 bridgehead atoms. The number of fused-ring (bicyclic) bond motifs is 7. The van der Waals surface area contributed by atoms with Gasteiger partial charge in [0.2, 0.25) is 0 Å². The molecule has 5 aliphatic carbocycles. The minimum Gasteiger partial charge on any atom is -0.469 e. The fraction of sp³-hybridized carbons (Fsp3) is 0.875. The van der Waals surface area contributed by atoms with Crippen molar-refractivity contribution in [3.05, 3.63) is 11.6 Å². The summed E-state index contributed by atoms with van der Waals surface area (Å²) in [6.45, 7) is 17.1. The predicted octanol–water partition coefficient (Wildman–Crippen LogP) is 7.78. The van der Waals surface area contributed by atoms with Crippen molar-refractivity contribution in [1.82, 2.24) is 0 Å². The van der Waals surface area contributed by atoms with E-state index in [0.29, 0.717) is 41.8 Å². The molecule has 9 atom stereocenters. The van der Waals surface area contributed by atoms with Crippen LogP contribution in [0.3, 0.4) is 0 Å². The summed E-state index contributed by atoms with van der Waals surface area (Å²) in [5, 5.41) is 0. The number of hydrogen-bond acceptors (Lipinski definition) is 3. The van der Waals surface area contributed by atoms with Gasteiger partial charge in [0, 0.05) is 11.8 Å². The van der Waals surface area contributed by atoms with Crippen LogP contribution in [0.1, 0.15) is 113 Å². The molecule has 0 N–H and O–H groups in total. The Morgan fingerprint density at radius 2 is 1.69 bits per heavy atom. The van der Waals surface area contributed by atoms with E-state index in [-0.39, 0.29) is 33.0 Å². The molecule has 4 fully saturated rings. The van der Waals surface area contributed by atoms with E-state index in [9.17, 15) is 9.59 Å². The zero-order chi connectivity index (χ0) is 25.6. The normalized spacial score (nSPS) is 50.7. The van der Waals surface area contributed by atoms with Crippen molar-refractivity contribution in [3.8, 4) is 0 Å². The quantitative estimate of drug-likeness (QED) is 0.298. The van der Waals surface area contributed by atoms with Crippen molar-refractivity contribution in [3.63, 3.8) is 0 Å². The molecule has 0 amide bonds. The SMILES string of the molecule is COC(=O)C[C@]12CC[C@@H](C)[C@H](C)[C@H]1C1=CC[C@@H]3[C@@]4(C)CCC(=O)C(C)(C)[C@@H]4CC[C@@]3(C)[C@]1(C)CC2. The molecule has 0 aromatic carbocycles. The maximum absolute atomic E-state index is 13.0. The molecule has 35 heavy (non-hydrogen) atoms. The Hall–Kier alpha value is -1.12. The minimum atomic E-state index is -0.200. The molecule has 3 heteroatoms. The molecule has 0 unspecified atom stereocenters. The number of esters is 1.